The van der Waals surface area contributed by atoms with Crippen molar-refractivity contribution in [1.82, 2.24) is 5.32 Å². The van der Waals surface area contributed by atoms with Gasteiger partial charge in [0.1, 0.15) is 5.82 Å². The van der Waals surface area contributed by atoms with E-state index in [0.717, 1.165) is 24.1 Å². The fourth-order valence-electron chi connectivity index (χ4n) is 1.87. The minimum absolute atomic E-state index is 0.316. The van der Waals surface area contributed by atoms with Gasteiger partial charge in [0.15, 0.2) is 0 Å². The van der Waals surface area contributed by atoms with E-state index >= 15 is 0 Å². The number of aliphatic hydroxyl groups excluding tert-OH is 1. The van der Waals surface area contributed by atoms with Crippen LogP contribution in [0.3, 0.4) is 0 Å². The largest absolute Gasteiger partial charge is 0.387 e. The molecule has 0 aromatic heterocycles. The summed E-state index contributed by atoms with van der Waals surface area (Å²) in [6.45, 7) is 6.96. The van der Waals surface area contributed by atoms with E-state index in [1.54, 1.807) is 0 Å². The number of hydrogen-bond donors (Lipinski definition) is 2. The molecule has 0 saturated heterocycles. The third-order valence-corrected chi connectivity index (χ3v) is 2.58. The predicted molar refractivity (Wildman–Crippen MR) is 64.0 cm³/mol. The smallest absolute Gasteiger partial charge is 0.129 e. The summed E-state index contributed by atoms with van der Waals surface area (Å²) in [4.78, 5) is 0. The zero-order chi connectivity index (χ0) is 12.1. The number of nitrogens with one attached hydrogen (secondary N) is 1. The third kappa shape index (κ3) is 3.29. The van der Waals surface area contributed by atoms with Gasteiger partial charge in [0.25, 0.3) is 0 Å². The minimum atomic E-state index is -0.771. The summed E-state index contributed by atoms with van der Waals surface area (Å²) in [6.07, 6.45) is 0.231. The van der Waals surface area contributed by atoms with Gasteiger partial charge in [-0.1, -0.05) is 13.0 Å². The Hall–Kier alpha value is -0.930. The topological polar surface area (TPSA) is 32.3 Å². The van der Waals surface area contributed by atoms with Gasteiger partial charge in [-0.25, -0.2) is 4.39 Å². The number of aliphatic hydroxyl groups is 1. The molecule has 0 heterocycles. The second-order valence-corrected chi connectivity index (χ2v) is 4.20. The summed E-state index contributed by atoms with van der Waals surface area (Å²) < 4.78 is 13.7. The fourth-order valence-corrected chi connectivity index (χ4v) is 1.87. The van der Waals surface area contributed by atoms with Gasteiger partial charge < -0.3 is 10.4 Å². The van der Waals surface area contributed by atoms with Crippen LogP contribution in [0, 0.1) is 19.7 Å². The van der Waals surface area contributed by atoms with Crippen LogP contribution in [0.25, 0.3) is 0 Å². The molecule has 2 N–H and O–H groups in total. The Balaban J connectivity index is 2.78. The lowest BCUT2D eigenvalue weighted by molar-refractivity contribution is 0.169. The highest BCUT2D eigenvalue weighted by Crippen LogP contribution is 2.22. The van der Waals surface area contributed by atoms with Gasteiger partial charge in [-0.05, 0) is 44.0 Å². The molecule has 0 radical (unpaired) electrons. The molecule has 1 aromatic carbocycles. The molecule has 0 aliphatic rings. The molecule has 1 aromatic rings. The molecule has 1 atom stereocenters. The van der Waals surface area contributed by atoms with Crippen molar-refractivity contribution >= 4 is 0 Å². The third-order valence-electron chi connectivity index (χ3n) is 2.58. The van der Waals surface area contributed by atoms with E-state index < -0.39 is 6.10 Å². The zero-order valence-electron chi connectivity index (χ0n) is 10.2. The number of hydrogen-bond acceptors (Lipinski definition) is 2. The van der Waals surface area contributed by atoms with Crippen LogP contribution in [-0.4, -0.2) is 18.2 Å². The minimum Gasteiger partial charge on any atom is -0.387 e. The molecule has 0 bridgehead atoms. The number of aryl methyl sites for hydroxylation is 2. The van der Waals surface area contributed by atoms with Gasteiger partial charge in [-0.3, -0.25) is 0 Å². The van der Waals surface area contributed by atoms with Crippen LogP contribution in [-0.2, 0) is 0 Å². The van der Waals surface area contributed by atoms with E-state index in [9.17, 15) is 9.50 Å². The van der Waals surface area contributed by atoms with E-state index in [1.165, 1.54) is 6.07 Å². The van der Waals surface area contributed by atoms with E-state index in [-0.39, 0.29) is 5.82 Å². The second-order valence-electron chi connectivity index (χ2n) is 4.20. The Kier molecular flexibility index (Phi) is 4.90. The van der Waals surface area contributed by atoms with Crippen molar-refractivity contribution in [2.45, 2.75) is 33.3 Å². The first-order valence-corrected chi connectivity index (χ1v) is 5.71. The fraction of sp³-hybridized carbons (Fsp3) is 0.538. The molecule has 0 amide bonds. The summed E-state index contributed by atoms with van der Waals surface area (Å²) in [7, 11) is 0. The lowest BCUT2D eigenvalue weighted by atomic mass is 10.00. The van der Waals surface area contributed by atoms with E-state index in [1.807, 2.05) is 19.9 Å². The Bertz CT molecular complexity index is 329. The maximum atomic E-state index is 13.7. The number of benzene rings is 1. The molecule has 2 nitrogen and oxygen atoms in total. The van der Waals surface area contributed by atoms with Crippen molar-refractivity contribution in [2.24, 2.45) is 0 Å². The lowest BCUT2D eigenvalue weighted by Crippen LogP contribution is -2.23. The molecule has 3 heteroatoms. The molecule has 0 aliphatic heterocycles. The van der Waals surface area contributed by atoms with Crippen molar-refractivity contribution in [1.29, 1.82) is 0 Å². The van der Waals surface area contributed by atoms with Crippen molar-refractivity contribution in [3.8, 4) is 0 Å². The monoisotopic (exact) mass is 225 g/mol. The van der Waals surface area contributed by atoms with Crippen LogP contribution in [0.5, 0.6) is 0 Å². The SMILES string of the molecule is CCCNCC(O)c1c(C)cc(C)cc1F. The van der Waals surface area contributed by atoms with Gasteiger partial charge in [0, 0.05) is 12.1 Å². The maximum absolute atomic E-state index is 13.7. The molecule has 1 rings (SSSR count). The molecule has 0 aliphatic carbocycles. The van der Waals surface area contributed by atoms with Crippen LogP contribution in [0.4, 0.5) is 4.39 Å². The van der Waals surface area contributed by atoms with Gasteiger partial charge >= 0.3 is 0 Å². The summed E-state index contributed by atoms with van der Waals surface area (Å²) in [5, 5.41) is 13.0. The first-order chi connectivity index (χ1) is 7.56. The molecule has 1 unspecified atom stereocenters. The molecule has 0 spiro atoms. The maximum Gasteiger partial charge on any atom is 0.129 e. The average molecular weight is 225 g/mol. The van der Waals surface area contributed by atoms with Crippen LogP contribution in [0.2, 0.25) is 0 Å². The normalized spacial score (nSPS) is 12.8. The van der Waals surface area contributed by atoms with Crippen molar-refractivity contribution < 1.29 is 9.50 Å². The van der Waals surface area contributed by atoms with Gasteiger partial charge in [0.05, 0.1) is 6.10 Å². The highest BCUT2D eigenvalue weighted by molar-refractivity contribution is 5.33. The first-order valence-electron chi connectivity index (χ1n) is 5.71. The van der Waals surface area contributed by atoms with Crippen LogP contribution in [0.1, 0.15) is 36.1 Å². The highest BCUT2D eigenvalue weighted by Gasteiger charge is 2.15. The van der Waals surface area contributed by atoms with Gasteiger partial charge in [-0.2, -0.15) is 0 Å². The Labute approximate surface area is 96.5 Å². The van der Waals surface area contributed by atoms with Crippen LogP contribution in [0.15, 0.2) is 12.1 Å². The van der Waals surface area contributed by atoms with E-state index in [2.05, 4.69) is 12.2 Å². The molecular weight excluding hydrogens is 205 g/mol. The Morgan fingerprint density at radius 3 is 2.62 bits per heavy atom. The Morgan fingerprint density at radius 2 is 2.06 bits per heavy atom. The average Bonchev–Trinajstić information content (AvgIpc) is 2.16. The van der Waals surface area contributed by atoms with Gasteiger partial charge in [0.2, 0.25) is 0 Å². The van der Waals surface area contributed by atoms with Crippen molar-refractivity contribution in [3.63, 3.8) is 0 Å². The molecule has 0 saturated carbocycles. The lowest BCUT2D eigenvalue weighted by Gasteiger charge is -2.16. The second kappa shape index (κ2) is 5.97. The van der Waals surface area contributed by atoms with Crippen LogP contribution < -0.4 is 5.32 Å². The summed E-state index contributed by atoms with van der Waals surface area (Å²) in [6, 6.07) is 3.35. The molecule has 0 fully saturated rings. The summed E-state index contributed by atoms with van der Waals surface area (Å²) >= 11 is 0. The standard InChI is InChI=1S/C13H20FNO/c1-4-5-15-8-12(16)13-10(3)6-9(2)7-11(13)14/h6-7,12,15-16H,4-5,8H2,1-3H3. The van der Waals surface area contributed by atoms with Crippen molar-refractivity contribution in [3.05, 3.63) is 34.6 Å². The Morgan fingerprint density at radius 1 is 1.38 bits per heavy atom. The van der Waals surface area contributed by atoms with Crippen molar-refractivity contribution in [2.75, 3.05) is 13.1 Å². The first kappa shape index (κ1) is 13.1. The van der Waals surface area contributed by atoms with E-state index in [4.69, 9.17) is 0 Å². The predicted octanol–water partition coefficient (Wildman–Crippen LogP) is 2.48. The number of halogens is 1. The highest BCUT2D eigenvalue weighted by atomic mass is 19.1. The van der Waals surface area contributed by atoms with E-state index in [0.29, 0.717) is 12.1 Å². The zero-order valence-corrected chi connectivity index (χ0v) is 10.2. The van der Waals surface area contributed by atoms with Gasteiger partial charge in [-0.15, -0.1) is 0 Å². The summed E-state index contributed by atoms with van der Waals surface area (Å²) in [5.74, 6) is -0.316. The molecule has 90 valence electrons. The van der Waals surface area contributed by atoms with Crippen LogP contribution >= 0.6 is 0 Å². The quantitative estimate of drug-likeness (QED) is 0.754. The molecular formula is C13H20FNO. The number of rotatable bonds is 5. The summed E-state index contributed by atoms with van der Waals surface area (Å²) in [5.41, 5.74) is 2.10. The molecule has 16 heavy (non-hydrogen) atoms.